The normalized spacial score (nSPS) is 11.0. The van der Waals surface area contributed by atoms with Gasteiger partial charge in [0, 0.05) is 41.5 Å². The van der Waals surface area contributed by atoms with Crippen LogP contribution in [0, 0.1) is 21.4 Å². The number of aromatic nitrogens is 4. The number of anilines is 3. The molecule has 35 heteroatoms. The Balaban J connectivity index is 0.000000326. The van der Waals surface area contributed by atoms with Crippen molar-refractivity contribution in [2.24, 2.45) is 5.73 Å². The Labute approximate surface area is 443 Å². The number of aromatic carboxylic acids is 1. The van der Waals surface area contributed by atoms with Crippen molar-refractivity contribution < 1.29 is 62.8 Å². The third kappa shape index (κ3) is 19.4. The zero-order valence-corrected chi connectivity index (χ0v) is 42.8. The lowest BCUT2D eigenvalue weighted by molar-refractivity contribution is -0.386. The van der Waals surface area contributed by atoms with Crippen molar-refractivity contribution in [3.8, 4) is 6.07 Å². The van der Waals surface area contributed by atoms with Crippen LogP contribution >= 0.6 is 96.2 Å². The van der Waals surface area contributed by atoms with Gasteiger partial charge in [0.05, 0.1) is 73.0 Å². The molecule has 0 saturated carbocycles. The highest BCUT2D eigenvalue weighted by molar-refractivity contribution is 9.10. The summed E-state index contributed by atoms with van der Waals surface area (Å²) in [7, 11) is -3.85. The van der Waals surface area contributed by atoms with Crippen LogP contribution < -0.4 is 21.9 Å². The fourth-order valence-corrected chi connectivity index (χ4v) is 7.72. The predicted octanol–water partition coefficient (Wildman–Crippen LogP) is 11.2. The van der Waals surface area contributed by atoms with E-state index in [0.717, 1.165) is 36.5 Å². The fraction of sp³-hybridized carbons (Fsp3) is 0.0541. The maximum absolute atomic E-state index is 12.9. The molecule has 0 atom stereocenters. The maximum atomic E-state index is 12.9. The van der Waals surface area contributed by atoms with E-state index >= 15 is 0 Å². The lowest BCUT2D eigenvalue weighted by Gasteiger charge is -2.13. The summed E-state index contributed by atoms with van der Waals surface area (Å²) in [5.74, 6) is -2.21. The first-order chi connectivity index (χ1) is 33.0. The molecule has 0 radical (unpaired) electrons. The number of amides is 1. The second kappa shape index (κ2) is 26.3. The van der Waals surface area contributed by atoms with Gasteiger partial charge in [-0.3, -0.25) is 19.6 Å². The van der Waals surface area contributed by atoms with Crippen molar-refractivity contribution in [2.45, 2.75) is 22.1 Å². The molecule has 0 aliphatic carbocycles. The van der Waals surface area contributed by atoms with Crippen LogP contribution in [0.4, 0.5) is 49.1 Å². The minimum Gasteiger partial charge on any atom is -0.476 e. The number of benzene rings is 2. The van der Waals surface area contributed by atoms with Gasteiger partial charge in [0.1, 0.15) is 6.07 Å². The van der Waals surface area contributed by atoms with E-state index < -0.39 is 90.6 Å². The maximum Gasteiger partial charge on any atom is 0.417 e. The summed E-state index contributed by atoms with van der Waals surface area (Å²) < 4.78 is 124. The van der Waals surface area contributed by atoms with Crippen LogP contribution in [-0.2, 0) is 31.4 Å². The molecular formula is C37H22BrCl7F6N10O9S2. The van der Waals surface area contributed by atoms with Crippen LogP contribution in [-0.4, -0.2) is 58.7 Å². The standard InChI is InChI=1S/C13H7Cl2F3N2O4S.C7H3Cl2F3O2S.C6H6ClN3O.C6H4ClN3.C5H2BrClN2O2/c14-6-3-10(11(12(21)22)19-5-6)20-25(23,24)7-1-2-9(15)8(4-7)13(16,17)18;8-6-2-1-4(15(9,13)14)3-5(6)7(10,11)12;7-3-1-4(8)5(6(9)11)10-2-3;7-4-1-5(9)6(2-8)10-3-4;6-5-4(9(10)11)1-3(7)2-8-5/h1-5,20H,(H,21,22);1-3H;1-2H,8H2,(H2,9,11);1,3H,9H2;1-2H. The third-order valence-corrected chi connectivity index (χ3v) is 12.3. The van der Waals surface area contributed by atoms with Gasteiger partial charge < -0.3 is 22.3 Å². The van der Waals surface area contributed by atoms with Crippen LogP contribution in [0.3, 0.4) is 0 Å². The second-order valence-electron chi connectivity index (χ2n) is 12.6. The minimum atomic E-state index is -4.87. The molecule has 0 aliphatic rings. The van der Waals surface area contributed by atoms with Gasteiger partial charge >= 0.3 is 24.0 Å². The first-order valence-electron chi connectivity index (χ1n) is 17.6. The number of nitro groups is 1. The quantitative estimate of drug-likeness (QED) is 0.0326. The van der Waals surface area contributed by atoms with E-state index in [1.807, 2.05) is 10.8 Å². The summed E-state index contributed by atoms with van der Waals surface area (Å²) in [6.07, 6.45) is -4.57. The fourth-order valence-electron chi connectivity index (χ4n) is 4.40. The number of sulfonamides is 1. The Hall–Kier alpha value is -5.74. The van der Waals surface area contributed by atoms with Crippen molar-refractivity contribution in [1.82, 2.24) is 19.9 Å². The van der Waals surface area contributed by atoms with Crippen molar-refractivity contribution in [2.75, 3.05) is 16.2 Å². The molecule has 1 amide bonds. The zero-order valence-electron chi connectivity index (χ0n) is 34.3. The Kier molecular flexibility index (Phi) is 22.8. The SMILES string of the molecule is N#Cc1ncc(Cl)cc1N.NC(=O)c1ncc(Cl)cc1N.O=C(O)c1ncc(Cl)cc1NS(=O)(=O)c1ccc(Cl)c(C(F)(F)F)c1.O=S(=O)(Cl)c1ccc(Cl)c(C(F)(F)F)c1.O=[N+]([O-])c1cc(Cl)cnc1Br. The van der Waals surface area contributed by atoms with Crippen LogP contribution in [0.1, 0.15) is 37.8 Å². The van der Waals surface area contributed by atoms with Crippen molar-refractivity contribution in [1.29, 1.82) is 5.26 Å². The largest absolute Gasteiger partial charge is 0.476 e. The molecule has 0 fully saturated rings. The van der Waals surface area contributed by atoms with Gasteiger partial charge in [-0.25, -0.2) is 41.6 Å². The van der Waals surface area contributed by atoms with E-state index in [1.165, 1.54) is 36.8 Å². The Morgan fingerprint density at radius 1 is 0.708 bits per heavy atom. The van der Waals surface area contributed by atoms with Crippen LogP contribution in [0.15, 0.2) is 99.8 Å². The molecule has 6 rings (SSSR count). The highest BCUT2D eigenvalue weighted by Gasteiger charge is 2.36. The average molecular weight is 1260 g/mol. The van der Waals surface area contributed by atoms with E-state index in [4.69, 9.17) is 108 Å². The second-order valence-corrected chi connectivity index (χ2v) is 20.1. The number of primary amides is 1. The smallest absolute Gasteiger partial charge is 0.417 e. The molecule has 72 heavy (non-hydrogen) atoms. The van der Waals surface area contributed by atoms with Gasteiger partial charge in [-0.15, -0.1) is 0 Å². The summed E-state index contributed by atoms with van der Waals surface area (Å²) in [4.78, 5) is 44.4. The number of hydrogen-bond donors (Lipinski definition) is 5. The first-order valence-corrected chi connectivity index (χ1v) is 24.4. The minimum absolute atomic E-state index is 0.0504. The number of nitrogen functional groups attached to an aromatic ring is 2. The number of carboxylic acids is 1. The summed E-state index contributed by atoms with van der Waals surface area (Å²) in [5, 5.41) is 27.4. The number of carbonyl (C=O) groups excluding carboxylic acids is 1. The zero-order chi connectivity index (χ0) is 55.3. The number of pyridine rings is 4. The number of carbonyl (C=O) groups is 2. The predicted molar refractivity (Wildman–Crippen MR) is 257 cm³/mol. The highest BCUT2D eigenvalue weighted by Crippen LogP contribution is 2.38. The molecule has 0 bridgehead atoms. The first kappa shape index (κ1) is 62.4. The number of rotatable bonds is 7. The van der Waals surface area contributed by atoms with E-state index in [0.29, 0.717) is 27.9 Å². The molecule has 6 aromatic rings. The van der Waals surface area contributed by atoms with E-state index in [9.17, 15) is 62.9 Å². The lowest BCUT2D eigenvalue weighted by Crippen LogP contribution is -2.17. The molecule has 0 unspecified atom stereocenters. The molecule has 0 spiro atoms. The lowest BCUT2D eigenvalue weighted by atomic mass is 10.2. The van der Waals surface area contributed by atoms with Gasteiger partial charge in [0.15, 0.2) is 21.7 Å². The van der Waals surface area contributed by atoms with E-state index in [2.05, 4.69) is 35.9 Å². The molecule has 4 heterocycles. The number of hydrogen-bond acceptors (Lipinski definition) is 15. The van der Waals surface area contributed by atoms with Crippen molar-refractivity contribution in [3.05, 3.63) is 159 Å². The molecular weight excluding hydrogens is 1230 g/mol. The topological polar surface area (TPSA) is 331 Å². The van der Waals surface area contributed by atoms with E-state index in [1.54, 1.807) is 0 Å². The molecule has 4 aromatic heterocycles. The number of carboxylic acid groups (broad SMARTS) is 1. The number of alkyl halides is 6. The number of nitrogens with two attached hydrogens (primary N) is 3. The Bertz CT molecular complexity index is 3290. The molecule has 19 nitrogen and oxygen atoms in total. The van der Waals surface area contributed by atoms with Crippen molar-refractivity contribution in [3.63, 3.8) is 0 Å². The number of nitrogens with one attached hydrogen (secondary N) is 1. The van der Waals surface area contributed by atoms with Crippen LogP contribution in [0.25, 0.3) is 0 Å². The average Bonchev–Trinajstić information content (AvgIpc) is 3.24. The summed E-state index contributed by atoms with van der Waals surface area (Å²) in [6, 6.07) is 11.0. The Morgan fingerprint density at radius 3 is 1.56 bits per heavy atom. The van der Waals surface area contributed by atoms with Crippen LogP contribution in [0.5, 0.6) is 0 Å². The highest BCUT2D eigenvalue weighted by atomic mass is 79.9. The number of nitriles is 1. The van der Waals surface area contributed by atoms with Gasteiger partial charge in [0.2, 0.25) is 0 Å². The summed E-state index contributed by atoms with van der Waals surface area (Å²) >= 11 is 35.8. The summed E-state index contributed by atoms with van der Waals surface area (Å²) in [5.41, 5.74) is 12.6. The Morgan fingerprint density at radius 2 is 1.14 bits per heavy atom. The van der Waals surface area contributed by atoms with Gasteiger partial charge in [0.25, 0.3) is 25.0 Å². The van der Waals surface area contributed by atoms with Crippen molar-refractivity contribution >= 4 is 150 Å². The van der Waals surface area contributed by atoms with E-state index in [-0.39, 0.29) is 37.4 Å². The molecule has 8 N–H and O–H groups in total. The monoisotopic (exact) mass is 1250 g/mol. The van der Waals surface area contributed by atoms with Gasteiger partial charge in [-0.2, -0.15) is 31.6 Å². The third-order valence-electron chi connectivity index (χ3n) is 7.47. The molecule has 0 aliphatic heterocycles. The van der Waals surface area contributed by atoms with Gasteiger partial charge in [-0.1, -0.05) is 69.6 Å². The number of halogens is 14. The molecule has 2 aromatic carbocycles. The number of nitrogens with zero attached hydrogens (tertiary/aromatic N) is 6. The van der Waals surface area contributed by atoms with Crippen LogP contribution in [0.2, 0.25) is 30.1 Å². The summed E-state index contributed by atoms with van der Waals surface area (Å²) in [6.45, 7) is 0. The molecule has 384 valence electrons. The molecule has 0 saturated heterocycles. The van der Waals surface area contributed by atoms with Gasteiger partial charge in [-0.05, 0) is 70.5 Å².